The average molecular weight is 537 g/mol. The van der Waals surface area contributed by atoms with E-state index in [4.69, 9.17) is 5.73 Å². The highest BCUT2D eigenvalue weighted by Crippen LogP contribution is 2.08. The highest BCUT2D eigenvalue weighted by molar-refractivity contribution is 5.94. The van der Waals surface area contributed by atoms with Crippen molar-refractivity contribution in [2.75, 3.05) is 6.61 Å². The lowest BCUT2D eigenvalue weighted by atomic mass is 10.0. The zero-order valence-electron chi connectivity index (χ0n) is 21.1. The monoisotopic (exact) mass is 536 g/mol. The summed E-state index contributed by atoms with van der Waals surface area (Å²) in [5.41, 5.74) is 7.61. The van der Waals surface area contributed by atoms with E-state index >= 15 is 0 Å². The number of aliphatic hydroxyl groups is 1. The number of aliphatic carboxylic acids is 1. The van der Waals surface area contributed by atoms with Crippen LogP contribution in [0.1, 0.15) is 16.8 Å². The largest absolute Gasteiger partial charge is 0.480 e. The predicted octanol–water partition coefficient (Wildman–Crippen LogP) is -0.704. The minimum Gasteiger partial charge on any atom is -0.480 e. The van der Waals surface area contributed by atoms with Crippen LogP contribution in [0.3, 0.4) is 0 Å². The SMILES string of the molecule is NC(CO)C(=O)NC(Cc1ccccc1)C(=O)NC(Cc1ccccc1)C(=O)NC(Cc1cnc[nH]1)C(=O)O. The molecule has 0 spiro atoms. The molecule has 12 nitrogen and oxygen atoms in total. The van der Waals surface area contributed by atoms with Gasteiger partial charge in [-0.2, -0.15) is 0 Å². The van der Waals surface area contributed by atoms with E-state index in [9.17, 15) is 29.4 Å². The molecule has 3 aromatic rings. The molecule has 3 amide bonds. The summed E-state index contributed by atoms with van der Waals surface area (Å²) in [4.78, 5) is 57.7. The number of benzene rings is 2. The minimum absolute atomic E-state index is 0.0428. The Morgan fingerprint density at radius 3 is 1.69 bits per heavy atom. The second-order valence-corrected chi connectivity index (χ2v) is 8.97. The van der Waals surface area contributed by atoms with Gasteiger partial charge in [-0.05, 0) is 11.1 Å². The van der Waals surface area contributed by atoms with E-state index in [0.717, 1.165) is 11.1 Å². The lowest BCUT2D eigenvalue weighted by Gasteiger charge is -2.25. The van der Waals surface area contributed by atoms with Gasteiger partial charge in [-0.15, -0.1) is 0 Å². The van der Waals surface area contributed by atoms with Crippen LogP contribution in [0, 0.1) is 0 Å². The molecule has 0 fully saturated rings. The van der Waals surface area contributed by atoms with Crippen LogP contribution in [0.4, 0.5) is 0 Å². The fourth-order valence-corrected chi connectivity index (χ4v) is 3.84. The lowest BCUT2D eigenvalue weighted by molar-refractivity contribution is -0.142. The van der Waals surface area contributed by atoms with Crippen LogP contribution in [0.2, 0.25) is 0 Å². The summed E-state index contributed by atoms with van der Waals surface area (Å²) in [5.74, 6) is -3.37. The first kappa shape index (κ1) is 29.0. The van der Waals surface area contributed by atoms with Gasteiger partial charge < -0.3 is 36.9 Å². The summed E-state index contributed by atoms with van der Waals surface area (Å²) in [6, 6.07) is 13.0. The van der Waals surface area contributed by atoms with E-state index < -0.39 is 54.5 Å². The standard InChI is InChI=1S/C27H32N6O6/c28-20(15-34)24(35)31-21(11-17-7-3-1-4-8-17)25(36)32-22(12-18-9-5-2-6-10-18)26(37)33-23(27(38)39)13-19-14-29-16-30-19/h1-10,14,16,20-23,34H,11-13,15,28H2,(H,29,30)(H,31,35)(H,32,36)(H,33,37)(H,38,39). The van der Waals surface area contributed by atoms with E-state index in [0.29, 0.717) is 5.69 Å². The van der Waals surface area contributed by atoms with Crippen LogP contribution in [-0.4, -0.2) is 74.6 Å². The number of nitrogens with zero attached hydrogens (tertiary/aromatic N) is 1. The van der Waals surface area contributed by atoms with E-state index in [2.05, 4.69) is 25.9 Å². The van der Waals surface area contributed by atoms with Crippen molar-refractivity contribution in [3.8, 4) is 0 Å². The Morgan fingerprint density at radius 1 is 0.769 bits per heavy atom. The van der Waals surface area contributed by atoms with Gasteiger partial charge in [-0.25, -0.2) is 9.78 Å². The van der Waals surface area contributed by atoms with Crippen molar-refractivity contribution < 1.29 is 29.4 Å². The Kier molecular flexibility index (Phi) is 10.7. The van der Waals surface area contributed by atoms with Crippen LogP contribution in [0.5, 0.6) is 0 Å². The second-order valence-electron chi connectivity index (χ2n) is 8.97. The van der Waals surface area contributed by atoms with Gasteiger partial charge in [-0.3, -0.25) is 14.4 Å². The number of aliphatic hydroxyl groups excluding tert-OH is 1. The first-order valence-electron chi connectivity index (χ1n) is 12.3. The lowest BCUT2D eigenvalue weighted by Crippen LogP contribution is -2.58. The van der Waals surface area contributed by atoms with Gasteiger partial charge in [0, 0.05) is 31.2 Å². The Balaban J connectivity index is 1.82. The highest BCUT2D eigenvalue weighted by Gasteiger charge is 2.31. The normalized spacial score (nSPS) is 13.9. The number of hydrogen-bond acceptors (Lipinski definition) is 7. The summed E-state index contributed by atoms with van der Waals surface area (Å²) in [7, 11) is 0. The zero-order chi connectivity index (χ0) is 28.2. The quantitative estimate of drug-likeness (QED) is 0.140. The molecule has 1 aromatic heterocycles. The number of carboxylic acids is 1. The molecule has 2 aromatic carbocycles. The summed E-state index contributed by atoms with van der Waals surface area (Å²) in [5, 5.41) is 26.6. The van der Waals surface area contributed by atoms with Crippen molar-refractivity contribution in [2.45, 2.75) is 43.4 Å². The molecule has 0 aliphatic carbocycles. The number of amides is 3. The third-order valence-electron chi connectivity index (χ3n) is 5.96. The molecular formula is C27H32N6O6. The average Bonchev–Trinajstić information content (AvgIpc) is 3.45. The molecule has 0 saturated heterocycles. The molecule has 3 rings (SSSR count). The number of nitrogens with one attached hydrogen (secondary N) is 4. The number of carboxylic acid groups (broad SMARTS) is 1. The maximum Gasteiger partial charge on any atom is 0.326 e. The Morgan fingerprint density at radius 2 is 1.26 bits per heavy atom. The number of carbonyl (C=O) groups is 4. The van der Waals surface area contributed by atoms with Gasteiger partial charge in [0.15, 0.2) is 0 Å². The van der Waals surface area contributed by atoms with Crippen molar-refractivity contribution in [1.82, 2.24) is 25.9 Å². The molecule has 1 heterocycles. The number of aromatic amines is 1. The minimum atomic E-state index is -1.28. The van der Waals surface area contributed by atoms with Crippen LogP contribution in [0.25, 0.3) is 0 Å². The Hall–Kier alpha value is -4.55. The molecule has 0 radical (unpaired) electrons. The summed E-state index contributed by atoms with van der Waals surface area (Å²) in [6.07, 6.45) is 2.97. The van der Waals surface area contributed by atoms with Crippen LogP contribution >= 0.6 is 0 Å². The molecule has 4 unspecified atom stereocenters. The number of H-pyrrole nitrogens is 1. The molecule has 206 valence electrons. The van der Waals surface area contributed by atoms with Gasteiger partial charge >= 0.3 is 5.97 Å². The fraction of sp³-hybridized carbons (Fsp3) is 0.296. The smallest absolute Gasteiger partial charge is 0.326 e. The van der Waals surface area contributed by atoms with E-state index in [1.807, 2.05) is 0 Å². The van der Waals surface area contributed by atoms with Crippen LogP contribution in [-0.2, 0) is 38.4 Å². The molecule has 8 N–H and O–H groups in total. The molecule has 0 aliphatic heterocycles. The molecular weight excluding hydrogens is 504 g/mol. The van der Waals surface area contributed by atoms with Gasteiger partial charge in [0.05, 0.1) is 12.9 Å². The van der Waals surface area contributed by atoms with Gasteiger partial charge in [0.1, 0.15) is 24.2 Å². The molecule has 0 aliphatic rings. The third-order valence-corrected chi connectivity index (χ3v) is 5.96. The number of carbonyl (C=O) groups excluding carboxylic acids is 3. The molecule has 12 heteroatoms. The third kappa shape index (κ3) is 9.05. The van der Waals surface area contributed by atoms with Gasteiger partial charge in [-0.1, -0.05) is 60.7 Å². The van der Waals surface area contributed by atoms with Gasteiger partial charge in [0.25, 0.3) is 0 Å². The highest BCUT2D eigenvalue weighted by atomic mass is 16.4. The number of aromatic nitrogens is 2. The van der Waals surface area contributed by atoms with Crippen LogP contribution in [0.15, 0.2) is 73.2 Å². The summed E-state index contributed by atoms with van der Waals surface area (Å²) < 4.78 is 0. The second kappa shape index (κ2) is 14.4. The van der Waals surface area contributed by atoms with Crippen molar-refractivity contribution in [2.24, 2.45) is 5.73 Å². The van der Waals surface area contributed by atoms with Crippen molar-refractivity contribution in [3.05, 3.63) is 90.0 Å². The van der Waals surface area contributed by atoms with E-state index in [1.165, 1.54) is 12.5 Å². The number of hydrogen-bond donors (Lipinski definition) is 7. The maximum absolute atomic E-state index is 13.4. The summed E-state index contributed by atoms with van der Waals surface area (Å²) in [6.45, 7) is -0.614. The van der Waals surface area contributed by atoms with Gasteiger partial charge in [0.2, 0.25) is 17.7 Å². The van der Waals surface area contributed by atoms with Crippen molar-refractivity contribution >= 4 is 23.7 Å². The Labute approximate surface area is 225 Å². The maximum atomic E-state index is 13.4. The van der Waals surface area contributed by atoms with Crippen LogP contribution < -0.4 is 21.7 Å². The van der Waals surface area contributed by atoms with Crippen molar-refractivity contribution in [1.29, 1.82) is 0 Å². The number of nitrogens with two attached hydrogens (primary N) is 1. The summed E-state index contributed by atoms with van der Waals surface area (Å²) >= 11 is 0. The fourth-order valence-electron chi connectivity index (χ4n) is 3.84. The zero-order valence-corrected chi connectivity index (χ0v) is 21.1. The van der Waals surface area contributed by atoms with E-state index in [1.54, 1.807) is 60.7 Å². The predicted molar refractivity (Wildman–Crippen MR) is 141 cm³/mol. The van der Waals surface area contributed by atoms with Crippen molar-refractivity contribution in [3.63, 3.8) is 0 Å². The topological polar surface area (TPSA) is 200 Å². The Bertz CT molecular complexity index is 1220. The number of rotatable bonds is 14. The molecule has 0 saturated carbocycles. The van der Waals surface area contributed by atoms with E-state index in [-0.39, 0.29) is 19.3 Å². The first-order valence-corrected chi connectivity index (χ1v) is 12.3. The molecule has 39 heavy (non-hydrogen) atoms. The molecule has 4 atom stereocenters. The first-order chi connectivity index (χ1) is 18.8. The number of imidazole rings is 1. The molecule has 0 bridgehead atoms.